The fraction of sp³-hybridized carbons (Fsp3) is 0.714. The van der Waals surface area contributed by atoms with Crippen molar-refractivity contribution < 1.29 is 18.3 Å². The summed E-state index contributed by atoms with van der Waals surface area (Å²) in [4.78, 5) is 2.49. The number of sulfonamides is 1. The van der Waals surface area contributed by atoms with Crippen molar-refractivity contribution in [2.24, 2.45) is 11.8 Å². The predicted molar refractivity (Wildman–Crippen MR) is 118 cm³/mol. The monoisotopic (exact) mass is 488 g/mol. The lowest BCUT2D eigenvalue weighted by Gasteiger charge is -2.37. The molecule has 3 atom stereocenters. The van der Waals surface area contributed by atoms with Gasteiger partial charge in [0.15, 0.2) is 0 Å². The molecule has 164 valence electrons. The summed E-state index contributed by atoms with van der Waals surface area (Å²) >= 11 is 3.44. The number of rotatable bonds is 6. The summed E-state index contributed by atoms with van der Waals surface area (Å²) in [5, 5.41) is 9.68. The first kappa shape index (κ1) is 23.0. The minimum atomic E-state index is -3.76. The van der Waals surface area contributed by atoms with E-state index in [-0.39, 0.29) is 23.5 Å². The number of halogens is 1. The maximum Gasteiger partial charge on any atom is 0.247 e. The molecule has 3 rings (SSSR count). The second-order valence-electron chi connectivity index (χ2n) is 8.70. The van der Waals surface area contributed by atoms with Gasteiger partial charge in [-0.25, -0.2) is 8.42 Å². The van der Waals surface area contributed by atoms with E-state index in [1.165, 1.54) is 30.0 Å². The lowest BCUT2D eigenvalue weighted by Crippen LogP contribution is -2.49. The van der Waals surface area contributed by atoms with E-state index in [4.69, 9.17) is 4.74 Å². The lowest BCUT2D eigenvalue weighted by atomic mass is 10.0. The first-order valence-electron chi connectivity index (χ1n) is 10.5. The standard InChI is InChI=1S/C21H33BrN2O4S/c1-15-11-24(16(2)14-25)29(26,27)21-9-8-18(22)10-19(21)28-20(15)13-23(3)12-17-6-4-5-7-17/h8-10,15-17,20,25H,4-7,11-14H2,1-3H3/t15-,16-,20+/m1/s1. The van der Waals surface area contributed by atoms with Crippen LogP contribution >= 0.6 is 15.9 Å². The average Bonchev–Trinajstić information content (AvgIpc) is 3.16. The van der Waals surface area contributed by atoms with Crippen LogP contribution in [-0.4, -0.2) is 68.2 Å². The zero-order chi connectivity index (χ0) is 21.2. The fourth-order valence-corrected chi connectivity index (χ4v) is 6.60. The molecule has 1 aliphatic carbocycles. The van der Waals surface area contributed by atoms with Crippen LogP contribution in [0.5, 0.6) is 5.75 Å². The van der Waals surface area contributed by atoms with Gasteiger partial charge in [-0.15, -0.1) is 0 Å². The molecule has 1 aromatic rings. The summed E-state index contributed by atoms with van der Waals surface area (Å²) in [5.41, 5.74) is 0. The number of hydrogen-bond acceptors (Lipinski definition) is 5. The molecule has 29 heavy (non-hydrogen) atoms. The number of benzene rings is 1. The van der Waals surface area contributed by atoms with Gasteiger partial charge >= 0.3 is 0 Å². The molecule has 1 heterocycles. The summed E-state index contributed by atoms with van der Waals surface area (Å²) in [5.74, 6) is 1.11. The molecule has 8 heteroatoms. The highest BCUT2D eigenvalue weighted by Gasteiger charge is 2.38. The SMILES string of the molecule is C[C@@H]1CN([C@H](C)CO)S(=O)(=O)c2ccc(Br)cc2O[C@H]1CN(C)CC1CCCC1. The van der Waals surface area contributed by atoms with Crippen molar-refractivity contribution in [2.45, 2.75) is 56.6 Å². The Morgan fingerprint density at radius 2 is 2.00 bits per heavy atom. The molecule has 0 radical (unpaired) electrons. The van der Waals surface area contributed by atoms with Crippen LogP contribution in [0.4, 0.5) is 0 Å². The normalized spacial score (nSPS) is 26.6. The van der Waals surface area contributed by atoms with Crippen LogP contribution in [0.25, 0.3) is 0 Å². The summed E-state index contributed by atoms with van der Waals surface area (Å²) in [7, 11) is -1.64. The third-order valence-corrected chi connectivity index (χ3v) is 8.68. The highest BCUT2D eigenvalue weighted by molar-refractivity contribution is 9.10. The van der Waals surface area contributed by atoms with Gasteiger partial charge in [-0.05, 0) is 50.9 Å². The first-order valence-corrected chi connectivity index (χ1v) is 12.7. The molecule has 0 unspecified atom stereocenters. The van der Waals surface area contributed by atoms with Gasteiger partial charge in [-0.3, -0.25) is 0 Å². The number of likely N-dealkylation sites (N-methyl/N-ethyl adjacent to an activating group) is 1. The van der Waals surface area contributed by atoms with E-state index in [1.54, 1.807) is 25.1 Å². The zero-order valence-electron chi connectivity index (χ0n) is 17.6. The Morgan fingerprint density at radius 3 is 2.66 bits per heavy atom. The molecule has 1 aromatic carbocycles. The van der Waals surface area contributed by atoms with Gasteiger partial charge in [0.2, 0.25) is 10.0 Å². The van der Waals surface area contributed by atoms with Crippen molar-refractivity contribution in [3.05, 3.63) is 22.7 Å². The molecular weight excluding hydrogens is 456 g/mol. The van der Waals surface area contributed by atoms with Crippen molar-refractivity contribution in [3.63, 3.8) is 0 Å². The molecule has 1 saturated carbocycles. The average molecular weight is 489 g/mol. The van der Waals surface area contributed by atoms with Crippen molar-refractivity contribution >= 4 is 26.0 Å². The molecule has 0 bridgehead atoms. The summed E-state index contributed by atoms with van der Waals surface area (Å²) < 4.78 is 35.1. The maximum atomic E-state index is 13.3. The number of ether oxygens (including phenoxy) is 1. The number of aliphatic hydroxyl groups excluding tert-OH is 1. The molecule has 0 amide bonds. The number of nitrogens with zero attached hydrogens (tertiary/aromatic N) is 2. The Hall–Kier alpha value is -0.670. The van der Waals surface area contributed by atoms with E-state index >= 15 is 0 Å². The van der Waals surface area contributed by atoms with E-state index in [0.717, 1.165) is 23.5 Å². The fourth-order valence-electron chi connectivity index (χ4n) is 4.43. The minimum absolute atomic E-state index is 0.0167. The minimum Gasteiger partial charge on any atom is -0.487 e. The summed E-state index contributed by atoms with van der Waals surface area (Å²) in [6.07, 6.45) is 5.09. The highest BCUT2D eigenvalue weighted by atomic mass is 79.9. The molecule has 6 nitrogen and oxygen atoms in total. The van der Waals surface area contributed by atoms with Crippen LogP contribution in [-0.2, 0) is 10.0 Å². The number of aliphatic hydroxyl groups is 1. The Morgan fingerprint density at radius 1 is 1.31 bits per heavy atom. The Bertz CT molecular complexity index is 798. The molecule has 1 aliphatic heterocycles. The Kier molecular flexibility index (Phi) is 7.65. The van der Waals surface area contributed by atoms with E-state index in [0.29, 0.717) is 12.3 Å². The van der Waals surface area contributed by atoms with Gasteiger partial charge in [0.05, 0.1) is 6.61 Å². The van der Waals surface area contributed by atoms with Crippen LogP contribution in [0.1, 0.15) is 39.5 Å². The van der Waals surface area contributed by atoms with Crippen molar-refractivity contribution in [3.8, 4) is 5.75 Å². The first-order chi connectivity index (χ1) is 13.7. The topological polar surface area (TPSA) is 70.1 Å². The number of hydrogen-bond donors (Lipinski definition) is 1. The van der Waals surface area contributed by atoms with Crippen LogP contribution in [0, 0.1) is 11.8 Å². The summed E-state index contributed by atoms with van der Waals surface area (Å²) in [6.45, 7) is 5.67. The molecule has 0 aromatic heterocycles. The van der Waals surface area contributed by atoms with Gasteiger partial charge in [-0.1, -0.05) is 35.7 Å². The molecule has 1 fully saturated rings. The molecule has 1 N–H and O–H groups in total. The lowest BCUT2D eigenvalue weighted by molar-refractivity contribution is 0.0711. The quantitative estimate of drug-likeness (QED) is 0.664. The Balaban J connectivity index is 1.89. The maximum absolute atomic E-state index is 13.3. The molecule has 2 aliphatic rings. The van der Waals surface area contributed by atoms with Gasteiger partial charge < -0.3 is 14.7 Å². The predicted octanol–water partition coefficient (Wildman–Crippen LogP) is 3.34. The van der Waals surface area contributed by atoms with E-state index in [9.17, 15) is 13.5 Å². The molecule has 0 spiro atoms. The van der Waals surface area contributed by atoms with E-state index < -0.39 is 16.1 Å². The second-order valence-corrected chi connectivity index (χ2v) is 11.5. The van der Waals surface area contributed by atoms with Crippen LogP contribution < -0.4 is 4.74 Å². The van der Waals surface area contributed by atoms with E-state index in [2.05, 4.69) is 27.9 Å². The highest BCUT2D eigenvalue weighted by Crippen LogP contribution is 2.35. The van der Waals surface area contributed by atoms with Crippen LogP contribution in [0.2, 0.25) is 0 Å². The summed E-state index contributed by atoms with van der Waals surface area (Å²) in [6, 6.07) is 4.54. The van der Waals surface area contributed by atoms with Gasteiger partial charge in [0.25, 0.3) is 0 Å². The van der Waals surface area contributed by atoms with Crippen LogP contribution in [0.15, 0.2) is 27.6 Å². The zero-order valence-corrected chi connectivity index (χ0v) is 20.0. The van der Waals surface area contributed by atoms with Crippen molar-refractivity contribution in [1.29, 1.82) is 0 Å². The third kappa shape index (κ3) is 5.34. The number of fused-ring (bicyclic) bond motifs is 1. The smallest absolute Gasteiger partial charge is 0.247 e. The van der Waals surface area contributed by atoms with Gasteiger partial charge in [0, 0.05) is 36.1 Å². The Labute approximate surface area is 183 Å². The van der Waals surface area contributed by atoms with Gasteiger partial charge in [0.1, 0.15) is 16.7 Å². The molecule has 0 saturated heterocycles. The largest absolute Gasteiger partial charge is 0.487 e. The van der Waals surface area contributed by atoms with Gasteiger partial charge in [-0.2, -0.15) is 4.31 Å². The van der Waals surface area contributed by atoms with Crippen molar-refractivity contribution in [2.75, 3.05) is 33.3 Å². The second kappa shape index (κ2) is 9.64. The third-order valence-electron chi connectivity index (χ3n) is 6.17. The van der Waals surface area contributed by atoms with E-state index in [1.807, 2.05) is 6.92 Å². The van der Waals surface area contributed by atoms with Crippen LogP contribution in [0.3, 0.4) is 0 Å². The van der Waals surface area contributed by atoms with Crippen molar-refractivity contribution in [1.82, 2.24) is 9.21 Å². The molecular formula is C21H33BrN2O4S.